The third kappa shape index (κ3) is 2.30. The molecule has 0 atom stereocenters. The Morgan fingerprint density at radius 3 is 2.13 bits per heavy atom. The zero-order chi connectivity index (χ0) is 16.0. The highest BCUT2D eigenvalue weighted by atomic mass is 28.3. The largest absolute Gasteiger partial charge is 0.354 e. The first-order chi connectivity index (χ1) is 11.1. The van der Waals surface area contributed by atoms with E-state index in [9.17, 15) is 0 Å². The topological polar surface area (TPSA) is 15.8 Å². The van der Waals surface area contributed by atoms with Gasteiger partial charge >= 0.3 is 0 Å². The maximum Gasteiger partial charge on any atom is 0.0784 e. The molecule has 0 aliphatic carbocycles. The zero-order valence-electron chi connectivity index (χ0n) is 13.9. The van der Waals surface area contributed by atoms with Gasteiger partial charge in [-0.1, -0.05) is 85.5 Å². The number of hydrogen-bond donors (Lipinski definition) is 1. The molecule has 0 unspecified atom stereocenters. The molecule has 0 aliphatic heterocycles. The Balaban J connectivity index is 2.08. The third-order valence-corrected chi connectivity index (χ3v) is 6.62. The molecule has 0 amide bonds. The van der Waals surface area contributed by atoms with Gasteiger partial charge in [-0.15, -0.1) is 0 Å². The first-order valence-electron chi connectivity index (χ1n) is 8.15. The molecule has 23 heavy (non-hydrogen) atoms. The Bertz CT molecular complexity index is 1010. The lowest BCUT2D eigenvalue weighted by Gasteiger charge is -2.21. The Hall–Kier alpha value is -2.32. The molecule has 0 aliphatic rings. The van der Waals surface area contributed by atoms with E-state index in [1.54, 1.807) is 0 Å². The Morgan fingerprint density at radius 2 is 1.30 bits per heavy atom. The van der Waals surface area contributed by atoms with E-state index in [2.05, 4.69) is 91.4 Å². The van der Waals surface area contributed by atoms with Crippen molar-refractivity contribution in [1.82, 2.24) is 4.98 Å². The molecule has 0 fully saturated rings. The molecule has 1 heterocycles. The molecule has 0 spiro atoms. The van der Waals surface area contributed by atoms with E-state index < -0.39 is 8.07 Å². The molecular formula is C21H21NSi. The fourth-order valence-electron chi connectivity index (χ4n) is 3.47. The van der Waals surface area contributed by atoms with Gasteiger partial charge in [-0.3, -0.25) is 0 Å². The summed E-state index contributed by atoms with van der Waals surface area (Å²) in [6.45, 7) is 7.24. The van der Waals surface area contributed by atoms with Crippen LogP contribution >= 0.6 is 0 Å². The van der Waals surface area contributed by atoms with Crippen molar-refractivity contribution in [2.45, 2.75) is 19.6 Å². The molecule has 1 nitrogen and oxygen atoms in total. The van der Waals surface area contributed by atoms with Crippen LogP contribution in [0.4, 0.5) is 0 Å². The van der Waals surface area contributed by atoms with E-state index in [1.165, 1.54) is 38.1 Å². The second-order valence-corrected chi connectivity index (χ2v) is 12.2. The van der Waals surface area contributed by atoms with Crippen LogP contribution in [0.2, 0.25) is 19.6 Å². The molecule has 0 saturated heterocycles. The highest BCUT2D eigenvalue weighted by molar-refractivity contribution is 6.89. The quantitative estimate of drug-likeness (QED) is 0.468. The van der Waals surface area contributed by atoms with Crippen molar-refractivity contribution in [3.63, 3.8) is 0 Å². The monoisotopic (exact) mass is 315 g/mol. The maximum absolute atomic E-state index is 3.64. The predicted molar refractivity (Wildman–Crippen MR) is 104 cm³/mol. The molecule has 3 aromatic carbocycles. The normalized spacial score (nSPS) is 12.1. The van der Waals surface area contributed by atoms with Gasteiger partial charge in [0.25, 0.3) is 0 Å². The molecule has 4 aromatic rings. The van der Waals surface area contributed by atoms with Crippen LogP contribution < -0.4 is 5.19 Å². The second-order valence-electron chi connectivity index (χ2n) is 7.19. The molecule has 1 aromatic heterocycles. The van der Waals surface area contributed by atoms with E-state index in [4.69, 9.17) is 0 Å². The highest BCUT2D eigenvalue weighted by Crippen LogP contribution is 2.33. The molecular weight excluding hydrogens is 294 g/mol. The maximum atomic E-state index is 3.64. The van der Waals surface area contributed by atoms with Crippen molar-refractivity contribution in [2.75, 3.05) is 0 Å². The number of benzene rings is 3. The molecule has 0 radical (unpaired) electrons. The van der Waals surface area contributed by atoms with E-state index in [1.807, 2.05) is 0 Å². The number of rotatable bonds is 2. The third-order valence-electron chi connectivity index (χ3n) is 4.57. The number of aromatic nitrogens is 1. The number of hydrogen-bond acceptors (Lipinski definition) is 0. The zero-order valence-corrected chi connectivity index (χ0v) is 14.9. The van der Waals surface area contributed by atoms with Crippen molar-refractivity contribution in [1.29, 1.82) is 0 Å². The lowest BCUT2D eigenvalue weighted by Crippen LogP contribution is -2.38. The Labute approximate surface area is 138 Å². The minimum Gasteiger partial charge on any atom is -0.354 e. The summed E-state index contributed by atoms with van der Waals surface area (Å²) < 4.78 is 0. The average molecular weight is 315 g/mol. The summed E-state index contributed by atoms with van der Waals surface area (Å²) in [5.74, 6) is 0. The van der Waals surface area contributed by atoms with Gasteiger partial charge in [-0.25, -0.2) is 0 Å². The van der Waals surface area contributed by atoms with Crippen LogP contribution in [-0.4, -0.2) is 13.1 Å². The molecule has 2 heteroatoms. The van der Waals surface area contributed by atoms with Crippen LogP contribution in [0.1, 0.15) is 0 Å². The summed E-state index contributed by atoms with van der Waals surface area (Å²) >= 11 is 0. The fourth-order valence-corrected chi connectivity index (χ4v) is 5.09. The fraction of sp³-hybridized carbons (Fsp3) is 0.143. The van der Waals surface area contributed by atoms with Crippen LogP contribution in [-0.2, 0) is 0 Å². The summed E-state index contributed by atoms with van der Waals surface area (Å²) in [5.41, 5.74) is 5.15. The Kier molecular flexibility index (Phi) is 3.17. The van der Waals surface area contributed by atoms with Crippen molar-refractivity contribution in [3.05, 3.63) is 66.7 Å². The first-order valence-corrected chi connectivity index (χ1v) is 11.6. The predicted octanol–water partition coefficient (Wildman–Crippen LogP) is 5.53. The smallest absolute Gasteiger partial charge is 0.0784 e. The average Bonchev–Trinajstić information content (AvgIpc) is 2.93. The minimum atomic E-state index is -1.40. The van der Waals surface area contributed by atoms with Gasteiger partial charge < -0.3 is 4.98 Å². The van der Waals surface area contributed by atoms with Gasteiger partial charge in [0.05, 0.1) is 13.6 Å². The van der Waals surface area contributed by atoms with Gasteiger partial charge in [0, 0.05) is 21.9 Å². The highest BCUT2D eigenvalue weighted by Gasteiger charge is 2.21. The van der Waals surface area contributed by atoms with Gasteiger partial charge in [0.1, 0.15) is 0 Å². The van der Waals surface area contributed by atoms with Crippen LogP contribution in [0.5, 0.6) is 0 Å². The van der Waals surface area contributed by atoms with Gasteiger partial charge in [-0.2, -0.15) is 0 Å². The SMILES string of the molecule is C[Si](C)(C)c1ccccc1-c1cccc2c1[nH]c1ccccc12. The number of nitrogens with one attached hydrogen (secondary N) is 1. The minimum absolute atomic E-state index is 1.21. The summed E-state index contributed by atoms with van der Waals surface area (Å²) in [7, 11) is -1.40. The van der Waals surface area contributed by atoms with Crippen molar-refractivity contribution in [3.8, 4) is 11.1 Å². The second kappa shape index (κ2) is 5.10. The van der Waals surface area contributed by atoms with Crippen molar-refractivity contribution in [2.24, 2.45) is 0 Å². The molecule has 4 rings (SSSR count). The van der Waals surface area contributed by atoms with Gasteiger partial charge in [0.2, 0.25) is 0 Å². The number of H-pyrrole nitrogens is 1. The Morgan fingerprint density at radius 1 is 0.652 bits per heavy atom. The van der Waals surface area contributed by atoms with Crippen LogP contribution in [0.25, 0.3) is 32.9 Å². The number of fused-ring (bicyclic) bond motifs is 3. The standard InChI is InChI=1S/C21H21NSi/c1-23(2,3)20-14-7-5-10-16(20)18-12-8-11-17-15-9-4-6-13-19(15)22-21(17)18/h4-14,22H,1-3H3. The van der Waals surface area contributed by atoms with E-state index in [0.29, 0.717) is 0 Å². The first kappa shape index (κ1) is 14.3. The number of aromatic amines is 1. The lowest BCUT2D eigenvalue weighted by atomic mass is 10.0. The van der Waals surface area contributed by atoms with Crippen LogP contribution in [0, 0.1) is 0 Å². The summed E-state index contributed by atoms with van der Waals surface area (Å²) in [5, 5.41) is 4.13. The molecule has 0 bridgehead atoms. The van der Waals surface area contributed by atoms with E-state index >= 15 is 0 Å². The summed E-state index contributed by atoms with van der Waals surface area (Å²) in [6.07, 6.45) is 0. The molecule has 1 N–H and O–H groups in total. The summed E-state index contributed by atoms with van der Waals surface area (Å²) in [6, 6.07) is 24.1. The van der Waals surface area contributed by atoms with Crippen molar-refractivity contribution < 1.29 is 0 Å². The summed E-state index contributed by atoms with van der Waals surface area (Å²) in [4.78, 5) is 3.64. The molecule has 114 valence electrons. The number of para-hydroxylation sites is 2. The van der Waals surface area contributed by atoms with E-state index in [-0.39, 0.29) is 0 Å². The van der Waals surface area contributed by atoms with Crippen LogP contribution in [0.15, 0.2) is 66.7 Å². The van der Waals surface area contributed by atoms with Gasteiger partial charge in [-0.05, 0) is 11.6 Å². The van der Waals surface area contributed by atoms with Crippen molar-refractivity contribution >= 4 is 35.1 Å². The van der Waals surface area contributed by atoms with Gasteiger partial charge in [0.15, 0.2) is 0 Å². The lowest BCUT2D eigenvalue weighted by molar-refractivity contribution is 1.54. The molecule has 0 saturated carbocycles. The van der Waals surface area contributed by atoms with Crippen LogP contribution in [0.3, 0.4) is 0 Å². The van der Waals surface area contributed by atoms with E-state index in [0.717, 1.165) is 0 Å².